The van der Waals surface area contributed by atoms with E-state index < -0.39 is 63.9 Å². The molecule has 0 spiro atoms. The Balaban J connectivity index is 2.88. The first-order valence-electron chi connectivity index (χ1n) is 5.32. The highest BCUT2D eigenvalue weighted by molar-refractivity contribution is 14.1. The van der Waals surface area contributed by atoms with Crippen molar-refractivity contribution in [1.29, 1.82) is 0 Å². The molecule has 0 aromatic heterocycles. The molecule has 0 saturated carbocycles. The van der Waals surface area contributed by atoms with E-state index in [1.807, 2.05) is 0 Å². The molecule has 20 heavy (non-hydrogen) atoms. The van der Waals surface area contributed by atoms with Crippen molar-refractivity contribution in [1.82, 2.24) is 3.11 Å². The highest BCUT2D eigenvalue weighted by Crippen LogP contribution is 2.29. The van der Waals surface area contributed by atoms with Crippen molar-refractivity contribution in [3.63, 3.8) is 0 Å². The summed E-state index contributed by atoms with van der Waals surface area (Å²) < 4.78 is 17.1. The van der Waals surface area contributed by atoms with E-state index in [1.165, 1.54) is 0 Å². The van der Waals surface area contributed by atoms with E-state index in [-0.39, 0.29) is 0 Å². The first-order valence-corrected chi connectivity index (χ1v) is 7.16. The van der Waals surface area contributed by atoms with Crippen LogP contribution in [0.25, 0.3) is 0 Å². The molecule has 1 fully saturated rings. The number of rotatable bonds is 6. The topological polar surface area (TPSA) is 176 Å². The fraction of sp³-hybridized carbons (Fsp3) is 0.556. The zero-order valence-electron chi connectivity index (χ0n) is 10.00. The number of hydrogen-bond donors (Lipinski definition) is 5. The molecular weight excluding hydrogens is 389 g/mol. The number of ether oxygens (including phenoxy) is 1. The minimum atomic E-state index is -1.91. The van der Waals surface area contributed by atoms with Crippen LogP contribution in [-0.4, -0.2) is 60.9 Å². The van der Waals surface area contributed by atoms with Crippen molar-refractivity contribution in [2.24, 2.45) is 11.5 Å². The predicted octanol–water partition coefficient (Wildman–Crippen LogP) is -3.19. The summed E-state index contributed by atoms with van der Waals surface area (Å²) in [5.74, 6) is -1.95. The van der Waals surface area contributed by atoms with Gasteiger partial charge < -0.3 is 31.5 Å². The molecular formula is C9H14IN3O7. The molecule has 10 nitrogen and oxygen atoms in total. The van der Waals surface area contributed by atoms with E-state index in [2.05, 4.69) is 0 Å². The van der Waals surface area contributed by atoms with Crippen LogP contribution in [0.4, 0.5) is 0 Å². The van der Waals surface area contributed by atoms with E-state index >= 15 is 0 Å². The van der Waals surface area contributed by atoms with Crippen LogP contribution in [0.2, 0.25) is 0 Å². The maximum absolute atomic E-state index is 11.1. The minimum Gasteiger partial charge on any atom is -0.387 e. The van der Waals surface area contributed by atoms with E-state index in [1.54, 1.807) is 0 Å². The number of carbonyl (C=O) groups is 2. The molecule has 2 amide bonds. The highest BCUT2D eigenvalue weighted by atomic mass is 127. The molecule has 5 atom stereocenters. The Morgan fingerprint density at radius 3 is 2.35 bits per heavy atom. The third-order valence-corrected chi connectivity index (χ3v) is 3.91. The van der Waals surface area contributed by atoms with Gasteiger partial charge in [-0.3, -0.25) is 12.7 Å². The van der Waals surface area contributed by atoms with Gasteiger partial charge >= 0.3 is 0 Å². The lowest BCUT2D eigenvalue weighted by Gasteiger charge is -2.22. The Morgan fingerprint density at radius 1 is 1.30 bits per heavy atom. The predicted molar refractivity (Wildman–Crippen MR) is 70.8 cm³/mol. The average Bonchev–Trinajstić information content (AvgIpc) is 2.67. The number of aliphatic hydroxyl groups is 3. The number of primary amides is 2. The molecule has 0 radical (unpaired) electrons. The van der Waals surface area contributed by atoms with Gasteiger partial charge in [0.25, 0.3) is 21.5 Å². The molecule has 11 heteroatoms. The number of nitrogens with zero attached hydrogens (tertiary/aromatic N) is 1. The molecule has 1 saturated heterocycles. The van der Waals surface area contributed by atoms with Crippen molar-refractivity contribution in [2.75, 3.05) is 0 Å². The summed E-state index contributed by atoms with van der Waals surface area (Å²) >= 11 is -1.91. The van der Waals surface area contributed by atoms with Gasteiger partial charge in [0.1, 0.15) is 18.3 Å². The quantitative estimate of drug-likeness (QED) is 0.175. The second kappa shape index (κ2) is 7.03. The Kier molecular flexibility index (Phi) is 5.94. The zero-order valence-corrected chi connectivity index (χ0v) is 12.2. The van der Waals surface area contributed by atoms with E-state index in [0.717, 1.165) is 15.4 Å². The molecule has 0 bridgehead atoms. The van der Waals surface area contributed by atoms with Crippen molar-refractivity contribution >= 4 is 33.3 Å². The lowest BCUT2D eigenvalue weighted by Crippen LogP contribution is -2.45. The number of nitrogens with two attached hydrogens (primary N) is 2. The van der Waals surface area contributed by atoms with Crippen LogP contribution in [0.5, 0.6) is 0 Å². The lowest BCUT2D eigenvalue weighted by atomic mass is 10.1. The van der Waals surface area contributed by atoms with Gasteiger partial charge in [0.2, 0.25) is 11.8 Å². The Morgan fingerprint density at radius 2 is 1.90 bits per heavy atom. The molecule has 5 unspecified atom stereocenters. The summed E-state index contributed by atoms with van der Waals surface area (Å²) in [4.78, 5) is 21.5. The first kappa shape index (κ1) is 16.9. The standard InChI is InChI=1S/C9H14IN3O7/c11-3(14)1-2-13(10-19)9-5(16)4(15)7(20-9)6(17)8(12)18/h1-2,4-7,9,15-17H,(H2,11,14)(H2,12,18)/b2-1-. The van der Waals surface area contributed by atoms with Crippen LogP contribution in [0.1, 0.15) is 0 Å². The maximum atomic E-state index is 11.1. The summed E-state index contributed by atoms with van der Waals surface area (Å²) in [5.41, 5.74) is 9.75. The van der Waals surface area contributed by atoms with Crippen molar-refractivity contribution < 1.29 is 32.7 Å². The first-order chi connectivity index (χ1) is 9.29. The van der Waals surface area contributed by atoms with Crippen LogP contribution in [0.15, 0.2) is 12.3 Å². The molecule has 1 rings (SSSR count). The number of aliphatic hydroxyl groups excluding tert-OH is 3. The van der Waals surface area contributed by atoms with E-state index in [4.69, 9.17) is 16.2 Å². The van der Waals surface area contributed by atoms with Crippen molar-refractivity contribution in [3.8, 4) is 0 Å². The van der Waals surface area contributed by atoms with Crippen LogP contribution in [0, 0.1) is 0 Å². The summed E-state index contributed by atoms with van der Waals surface area (Å²) in [6.45, 7) is 0. The number of halogens is 1. The summed E-state index contributed by atoms with van der Waals surface area (Å²) in [5, 5.41) is 28.9. The van der Waals surface area contributed by atoms with Gasteiger partial charge in [0.05, 0.1) is 0 Å². The molecule has 1 aliphatic rings. The van der Waals surface area contributed by atoms with Crippen molar-refractivity contribution in [3.05, 3.63) is 12.3 Å². The number of carbonyl (C=O) groups excluding carboxylic acids is 2. The highest BCUT2D eigenvalue weighted by Gasteiger charge is 2.49. The smallest absolute Gasteiger partial charge is 0.275 e. The van der Waals surface area contributed by atoms with Gasteiger partial charge in [-0.05, 0) is 0 Å². The second-order valence-corrected chi connectivity index (χ2v) is 5.46. The normalized spacial score (nSPS) is 31.4. The van der Waals surface area contributed by atoms with Crippen molar-refractivity contribution in [2.45, 2.75) is 30.6 Å². The zero-order chi connectivity index (χ0) is 15.4. The monoisotopic (exact) mass is 403 g/mol. The van der Waals surface area contributed by atoms with Gasteiger partial charge in [-0.1, -0.05) is 0 Å². The fourth-order valence-electron chi connectivity index (χ4n) is 1.60. The molecule has 1 heterocycles. The van der Waals surface area contributed by atoms with E-state index in [0.29, 0.717) is 0 Å². The van der Waals surface area contributed by atoms with Gasteiger partial charge in [-0.2, -0.15) is 0 Å². The summed E-state index contributed by atoms with van der Waals surface area (Å²) in [7, 11) is 0. The molecule has 0 aliphatic carbocycles. The average molecular weight is 403 g/mol. The van der Waals surface area contributed by atoms with E-state index in [9.17, 15) is 28.0 Å². The number of amides is 2. The third-order valence-electron chi connectivity index (χ3n) is 2.58. The van der Waals surface area contributed by atoms with Gasteiger partial charge in [0.15, 0.2) is 12.3 Å². The molecule has 0 aromatic carbocycles. The Bertz CT molecular complexity index is 432. The molecule has 7 N–H and O–H groups in total. The van der Waals surface area contributed by atoms with Gasteiger partial charge in [0, 0.05) is 12.3 Å². The SMILES string of the molecule is NC(=O)/C=C\N(I=O)C1OC(C(O)C(N)=O)C(O)C1O. The largest absolute Gasteiger partial charge is 0.387 e. The molecule has 1 aliphatic heterocycles. The second-order valence-electron chi connectivity index (χ2n) is 3.95. The fourth-order valence-corrected chi connectivity index (χ4v) is 2.58. The summed E-state index contributed by atoms with van der Waals surface area (Å²) in [6, 6.07) is 0. The van der Waals surface area contributed by atoms with Crippen LogP contribution in [-0.2, 0) is 17.4 Å². The van der Waals surface area contributed by atoms with Gasteiger partial charge in [-0.15, -0.1) is 0 Å². The maximum Gasteiger partial charge on any atom is 0.275 e. The van der Waals surface area contributed by atoms with Crippen LogP contribution < -0.4 is 11.5 Å². The number of hydrogen-bond acceptors (Lipinski definition) is 7. The Hall–Kier alpha value is -1.15. The van der Waals surface area contributed by atoms with Crippen LogP contribution >= 0.6 is 21.5 Å². The third kappa shape index (κ3) is 3.69. The van der Waals surface area contributed by atoms with Crippen LogP contribution in [0.3, 0.4) is 0 Å². The minimum absolute atomic E-state index is 0.811. The lowest BCUT2D eigenvalue weighted by molar-refractivity contribution is -0.139. The Labute approximate surface area is 124 Å². The summed E-state index contributed by atoms with van der Waals surface area (Å²) in [6.07, 6.45) is -5.85. The van der Waals surface area contributed by atoms with Gasteiger partial charge in [-0.25, -0.2) is 3.07 Å². The molecule has 0 aromatic rings. The molecule has 114 valence electrons.